The molecule has 0 aromatic heterocycles. The van der Waals surface area contributed by atoms with Gasteiger partial charge in [0.05, 0.1) is 0 Å². The van der Waals surface area contributed by atoms with Crippen molar-refractivity contribution in [1.29, 1.82) is 0 Å². The Bertz CT molecular complexity index is 390. The van der Waals surface area contributed by atoms with E-state index in [1.54, 1.807) is 0 Å². The maximum atomic E-state index is 11.6. The molecule has 0 amide bonds. The fourth-order valence-electron chi connectivity index (χ4n) is 4.29. The predicted octanol–water partition coefficient (Wildman–Crippen LogP) is 4.00. The summed E-state index contributed by atoms with van der Waals surface area (Å²) in [6, 6.07) is 0. The van der Waals surface area contributed by atoms with Crippen molar-refractivity contribution in [3.8, 4) is 0 Å². The third kappa shape index (κ3) is 1.90. The van der Waals surface area contributed by atoms with Gasteiger partial charge in [0.25, 0.3) is 0 Å². The first kappa shape index (κ1) is 12.3. The van der Waals surface area contributed by atoms with Gasteiger partial charge in [-0.3, -0.25) is 0 Å². The molecule has 0 saturated heterocycles. The van der Waals surface area contributed by atoms with Crippen molar-refractivity contribution in [3.05, 3.63) is 11.1 Å². The second-order valence-electron chi connectivity index (χ2n) is 6.74. The van der Waals surface area contributed by atoms with Gasteiger partial charge in [-0.15, -0.1) is 0 Å². The summed E-state index contributed by atoms with van der Waals surface area (Å²) in [4.78, 5) is 11.6. The number of carbonyl (C=O) groups excluding carboxylic acids is 1. The van der Waals surface area contributed by atoms with Gasteiger partial charge in [0.1, 0.15) is 6.10 Å². The number of fused-ring (bicyclic) bond motifs is 1. The Morgan fingerprint density at radius 1 is 1.22 bits per heavy atom. The summed E-state index contributed by atoms with van der Waals surface area (Å²) < 4.78 is 5.55. The van der Waals surface area contributed by atoms with E-state index in [1.807, 2.05) is 6.92 Å². The molecule has 0 aromatic carbocycles. The normalized spacial score (nSPS) is 37.7. The van der Waals surface area contributed by atoms with Crippen LogP contribution in [0.25, 0.3) is 0 Å². The fourth-order valence-corrected chi connectivity index (χ4v) is 4.29. The summed E-state index contributed by atoms with van der Waals surface area (Å²) in [6.45, 7) is 4.36. The number of ether oxygens (including phenoxy) is 1. The maximum absolute atomic E-state index is 11.6. The zero-order valence-electron chi connectivity index (χ0n) is 11.6. The van der Waals surface area contributed by atoms with E-state index in [9.17, 15) is 4.79 Å². The van der Waals surface area contributed by atoms with Gasteiger partial charge in [0, 0.05) is 5.57 Å². The van der Waals surface area contributed by atoms with Gasteiger partial charge in [0.2, 0.25) is 0 Å². The van der Waals surface area contributed by atoms with Gasteiger partial charge in [0.15, 0.2) is 0 Å². The number of esters is 1. The number of carbonyl (C=O) groups is 1. The van der Waals surface area contributed by atoms with Gasteiger partial charge in [-0.1, -0.05) is 26.2 Å². The Balaban J connectivity index is 1.76. The van der Waals surface area contributed by atoms with E-state index in [-0.39, 0.29) is 12.1 Å². The van der Waals surface area contributed by atoms with Crippen LogP contribution in [0.4, 0.5) is 0 Å². The smallest absolute Gasteiger partial charge is 0.334 e. The van der Waals surface area contributed by atoms with E-state index in [4.69, 9.17) is 4.74 Å². The minimum Gasteiger partial charge on any atom is -0.454 e. The average molecular weight is 248 g/mol. The molecule has 2 nitrogen and oxygen atoms in total. The molecule has 2 fully saturated rings. The molecule has 2 aliphatic carbocycles. The molecule has 0 bridgehead atoms. The van der Waals surface area contributed by atoms with Crippen molar-refractivity contribution in [3.63, 3.8) is 0 Å². The minimum atomic E-state index is -0.0668. The molecular weight excluding hydrogens is 224 g/mol. The third-order valence-electron chi connectivity index (χ3n) is 5.63. The van der Waals surface area contributed by atoms with E-state index in [1.165, 1.54) is 44.1 Å². The summed E-state index contributed by atoms with van der Waals surface area (Å²) in [5.41, 5.74) is 2.60. The Morgan fingerprint density at radius 3 is 2.67 bits per heavy atom. The van der Waals surface area contributed by atoms with Crippen molar-refractivity contribution in [2.24, 2.45) is 11.3 Å². The molecule has 2 heteroatoms. The first-order chi connectivity index (χ1) is 8.60. The van der Waals surface area contributed by atoms with E-state index in [0.29, 0.717) is 5.41 Å². The maximum Gasteiger partial charge on any atom is 0.334 e. The van der Waals surface area contributed by atoms with Crippen LogP contribution in [0.1, 0.15) is 65.2 Å². The lowest BCUT2D eigenvalue weighted by Gasteiger charge is -2.44. The lowest BCUT2D eigenvalue weighted by Crippen LogP contribution is -2.37. The number of rotatable bonds is 1. The highest BCUT2D eigenvalue weighted by molar-refractivity contribution is 5.91. The third-order valence-corrected chi connectivity index (χ3v) is 5.63. The van der Waals surface area contributed by atoms with Crippen LogP contribution in [-0.2, 0) is 9.53 Å². The van der Waals surface area contributed by atoms with Crippen LogP contribution in [0, 0.1) is 11.3 Å². The minimum absolute atomic E-state index is 0.0668. The second-order valence-corrected chi connectivity index (χ2v) is 6.74. The monoisotopic (exact) mass is 248 g/mol. The molecule has 0 spiro atoms. The average Bonchev–Trinajstić information content (AvgIpc) is 2.65. The number of hydrogen-bond donors (Lipinski definition) is 0. The molecule has 1 heterocycles. The Kier molecular flexibility index (Phi) is 2.99. The van der Waals surface area contributed by atoms with Crippen molar-refractivity contribution in [2.75, 3.05) is 0 Å². The van der Waals surface area contributed by atoms with Crippen LogP contribution in [0.3, 0.4) is 0 Å². The van der Waals surface area contributed by atoms with E-state index < -0.39 is 0 Å². The molecule has 2 unspecified atom stereocenters. The fraction of sp³-hybridized carbons (Fsp3) is 0.812. The number of hydrogen-bond acceptors (Lipinski definition) is 2. The van der Waals surface area contributed by atoms with Crippen molar-refractivity contribution in [1.82, 2.24) is 0 Å². The molecule has 2 saturated carbocycles. The van der Waals surface area contributed by atoms with Crippen LogP contribution in [-0.4, -0.2) is 12.1 Å². The van der Waals surface area contributed by atoms with Gasteiger partial charge in [-0.2, -0.15) is 0 Å². The van der Waals surface area contributed by atoms with Gasteiger partial charge in [-0.25, -0.2) is 4.79 Å². The quantitative estimate of drug-likeness (QED) is 0.656. The largest absolute Gasteiger partial charge is 0.454 e. The highest BCUT2D eigenvalue weighted by atomic mass is 16.5. The van der Waals surface area contributed by atoms with E-state index in [0.717, 1.165) is 24.3 Å². The molecule has 2 atom stereocenters. The molecule has 100 valence electrons. The molecule has 3 aliphatic rings. The molecule has 0 aromatic rings. The molecule has 18 heavy (non-hydrogen) atoms. The van der Waals surface area contributed by atoms with Crippen molar-refractivity contribution in [2.45, 2.75) is 71.3 Å². The van der Waals surface area contributed by atoms with Crippen molar-refractivity contribution < 1.29 is 9.53 Å². The summed E-state index contributed by atoms with van der Waals surface area (Å²) in [5.74, 6) is 0.787. The van der Waals surface area contributed by atoms with Gasteiger partial charge >= 0.3 is 5.97 Å². The molecule has 0 radical (unpaired) electrons. The molecule has 3 rings (SSSR count). The lowest BCUT2D eigenvalue weighted by molar-refractivity contribution is -0.141. The van der Waals surface area contributed by atoms with Crippen molar-refractivity contribution >= 4 is 5.97 Å². The first-order valence-electron chi connectivity index (χ1n) is 7.51. The summed E-state index contributed by atoms with van der Waals surface area (Å²) in [6.07, 6.45) is 10.5. The first-order valence-corrected chi connectivity index (χ1v) is 7.51. The zero-order chi connectivity index (χ0) is 12.8. The van der Waals surface area contributed by atoms with Crippen LogP contribution in [0.15, 0.2) is 11.1 Å². The zero-order valence-corrected chi connectivity index (χ0v) is 11.6. The Morgan fingerprint density at radius 2 is 1.94 bits per heavy atom. The predicted molar refractivity (Wildman–Crippen MR) is 71.1 cm³/mol. The lowest BCUT2D eigenvalue weighted by atomic mass is 9.61. The van der Waals surface area contributed by atoms with E-state index in [2.05, 4.69) is 6.92 Å². The molecule has 1 aliphatic heterocycles. The second kappa shape index (κ2) is 4.40. The van der Waals surface area contributed by atoms with E-state index >= 15 is 0 Å². The highest BCUT2D eigenvalue weighted by Gasteiger charge is 2.45. The Hall–Kier alpha value is -0.790. The summed E-state index contributed by atoms with van der Waals surface area (Å²) in [7, 11) is 0. The summed E-state index contributed by atoms with van der Waals surface area (Å²) >= 11 is 0. The standard InChI is InChI=1S/C16H24O2/c1-11-13-8-9-16(2,10-14(13)18-15(11)17)12-6-4-3-5-7-12/h12,14H,3-10H2,1-2H3. The van der Waals surface area contributed by atoms with Crippen LogP contribution in [0.5, 0.6) is 0 Å². The van der Waals surface area contributed by atoms with Gasteiger partial charge in [-0.05, 0) is 55.9 Å². The van der Waals surface area contributed by atoms with Crippen LogP contribution < -0.4 is 0 Å². The molecule has 0 N–H and O–H groups in total. The highest BCUT2D eigenvalue weighted by Crippen LogP contribution is 2.51. The van der Waals surface area contributed by atoms with Crippen LogP contribution in [0.2, 0.25) is 0 Å². The Labute approximate surface area is 110 Å². The van der Waals surface area contributed by atoms with Crippen LogP contribution >= 0.6 is 0 Å². The SMILES string of the molecule is CC1=C2CCC(C)(C3CCCCC3)CC2OC1=O. The topological polar surface area (TPSA) is 26.3 Å². The summed E-state index contributed by atoms with van der Waals surface area (Å²) in [5, 5.41) is 0. The van der Waals surface area contributed by atoms with Gasteiger partial charge < -0.3 is 4.74 Å². The molecular formula is C16H24O2.